The van der Waals surface area contributed by atoms with Gasteiger partial charge in [0.2, 0.25) is 0 Å². The molecule has 0 fully saturated rings. The Morgan fingerprint density at radius 3 is 2.94 bits per heavy atom. The van der Waals surface area contributed by atoms with Crippen molar-refractivity contribution in [3.63, 3.8) is 0 Å². The molecule has 1 aliphatic heterocycles. The van der Waals surface area contributed by atoms with E-state index in [1.54, 1.807) is 0 Å². The second-order valence-corrected chi connectivity index (χ2v) is 6.14. The first-order valence-corrected chi connectivity index (χ1v) is 7.40. The number of hydrogen-bond acceptors (Lipinski definition) is 2. The van der Waals surface area contributed by atoms with Gasteiger partial charge in [-0.25, -0.2) is 0 Å². The number of fused-ring (bicyclic) bond motifs is 1. The zero-order valence-corrected chi connectivity index (χ0v) is 11.9. The first-order valence-electron chi connectivity index (χ1n) is 6.61. The topological polar surface area (TPSA) is 35.2 Å². The summed E-state index contributed by atoms with van der Waals surface area (Å²) in [7, 11) is 0. The van der Waals surface area contributed by atoms with E-state index in [2.05, 4.69) is 34.1 Å². The largest absolute Gasteiger partial charge is 0.490 e. The standard InChI is InChI=1S/C15H18BrNO/c16-11-6-7-12-13(17)9-14(18-15(12)8-11)10-4-2-1-3-5-10/h1-2,6-8,10,13-14H,3-5,9,17H2. The molecule has 0 spiro atoms. The maximum atomic E-state index is 6.28. The maximum absolute atomic E-state index is 6.28. The van der Waals surface area contributed by atoms with E-state index < -0.39 is 0 Å². The van der Waals surface area contributed by atoms with Crippen LogP contribution in [0.3, 0.4) is 0 Å². The third-order valence-corrected chi connectivity index (χ3v) is 4.47. The Labute approximate surface area is 116 Å². The van der Waals surface area contributed by atoms with Gasteiger partial charge in [-0.3, -0.25) is 0 Å². The first kappa shape index (κ1) is 12.2. The lowest BCUT2D eigenvalue weighted by atomic mass is 9.84. The Morgan fingerprint density at radius 2 is 2.17 bits per heavy atom. The Kier molecular flexibility index (Phi) is 3.44. The van der Waals surface area contributed by atoms with Crippen molar-refractivity contribution in [1.29, 1.82) is 0 Å². The van der Waals surface area contributed by atoms with Gasteiger partial charge in [0, 0.05) is 22.5 Å². The minimum atomic E-state index is 0.109. The summed E-state index contributed by atoms with van der Waals surface area (Å²) in [4.78, 5) is 0. The molecular formula is C15H18BrNO. The fraction of sp³-hybridized carbons (Fsp3) is 0.467. The fourth-order valence-corrected chi connectivity index (χ4v) is 3.29. The van der Waals surface area contributed by atoms with Gasteiger partial charge in [-0.15, -0.1) is 0 Å². The van der Waals surface area contributed by atoms with Gasteiger partial charge >= 0.3 is 0 Å². The summed E-state index contributed by atoms with van der Waals surface area (Å²) in [6, 6.07) is 6.25. The second kappa shape index (κ2) is 5.06. The van der Waals surface area contributed by atoms with Crippen LogP contribution in [0.5, 0.6) is 5.75 Å². The Balaban J connectivity index is 1.83. The van der Waals surface area contributed by atoms with Crippen molar-refractivity contribution in [2.75, 3.05) is 0 Å². The molecule has 0 saturated carbocycles. The van der Waals surface area contributed by atoms with Crippen molar-refractivity contribution < 1.29 is 4.74 Å². The number of ether oxygens (including phenoxy) is 1. The molecule has 3 heteroatoms. The van der Waals surface area contributed by atoms with Gasteiger partial charge in [-0.2, -0.15) is 0 Å². The minimum absolute atomic E-state index is 0.109. The molecule has 3 atom stereocenters. The average Bonchev–Trinajstić information content (AvgIpc) is 2.39. The Morgan fingerprint density at radius 1 is 1.28 bits per heavy atom. The van der Waals surface area contributed by atoms with Crippen LogP contribution >= 0.6 is 15.9 Å². The van der Waals surface area contributed by atoms with Crippen LogP contribution in [-0.4, -0.2) is 6.10 Å². The quantitative estimate of drug-likeness (QED) is 0.797. The van der Waals surface area contributed by atoms with Gasteiger partial charge in [0.15, 0.2) is 0 Å². The molecule has 0 bridgehead atoms. The van der Waals surface area contributed by atoms with Gasteiger partial charge in [0.05, 0.1) is 0 Å². The highest BCUT2D eigenvalue weighted by Gasteiger charge is 2.31. The van der Waals surface area contributed by atoms with Gasteiger partial charge in [0.25, 0.3) is 0 Å². The number of allylic oxidation sites excluding steroid dienone is 2. The average molecular weight is 308 g/mol. The summed E-state index contributed by atoms with van der Waals surface area (Å²) in [5.41, 5.74) is 7.42. The van der Waals surface area contributed by atoms with Crippen LogP contribution in [0.4, 0.5) is 0 Å². The lowest BCUT2D eigenvalue weighted by Crippen LogP contribution is -2.35. The van der Waals surface area contributed by atoms with Crippen LogP contribution in [-0.2, 0) is 0 Å². The van der Waals surface area contributed by atoms with Gasteiger partial charge in [0.1, 0.15) is 11.9 Å². The molecule has 3 rings (SSSR count). The number of halogens is 1. The molecule has 0 aromatic heterocycles. The van der Waals surface area contributed by atoms with Crippen LogP contribution in [0.2, 0.25) is 0 Å². The molecule has 18 heavy (non-hydrogen) atoms. The molecule has 0 radical (unpaired) electrons. The number of nitrogens with two attached hydrogens (primary N) is 1. The zero-order valence-electron chi connectivity index (χ0n) is 10.3. The van der Waals surface area contributed by atoms with Crippen molar-refractivity contribution in [3.8, 4) is 5.75 Å². The van der Waals surface area contributed by atoms with Crippen LogP contribution < -0.4 is 10.5 Å². The van der Waals surface area contributed by atoms with E-state index >= 15 is 0 Å². The lowest BCUT2D eigenvalue weighted by molar-refractivity contribution is 0.0937. The highest BCUT2D eigenvalue weighted by molar-refractivity contribution is 9.10. The zero-order chi connectivity index (χ0) is 12.5. The smallest absolute Gasteiger partial charge is 0.125 e. The van der Waals surface area contributed by atoms with Crippen molar-refractivity contribution in [2.24, 2.45) is 11.7 Å². The molecule has 96 valence electrons. The first-order chi connectivity index (χ1) is 8.74. The molecule has 1 aliphatic carbocycles. The van der Waals surface area contributed by atoms with Crippen molar-refractivity contribution in [1.82, 2.24) is 0 Å². The van der Waals surface area contributed by atoms with Crippen LogP contribution in [0.15, 0.2) is 34.8 Å². The van der Waals surface area contributed by atoms with Gasteiger partial charge in [-0.05, 0) is 37.3 Å². The van der Waals surface area contributed by atoms with Crippen LogP contribution in [0.1, 0.15) is 37.3 Å². The number of rotatable bonds is 1. The Hall–Kier alpha value is -0.800. The van der Waals surface area contributed by atoms with Crippen LogP contribution in [0, 0.1) is 5.92 Å². The highest BCUT2D eigenvalue weighted by atomic mass is 79.9. The summed E-state index contributed by atoms with van der Waals surface area (Å²) in [5, 5.41) is 0. The SMILES string of the molecule is NC1CC(C2CC=CCC2)Oc2cc(Br)ccc21. The number of benzene rings is 1. The van der Waals surface area contributed by atoms with Crippen molar-refractivity contribution in [2.45, 2.75) is 37.8 Å². The third-order valence-electron chi connectivity index (χ3n) is 3.98. The van der Waals surface area contributed by atoms with E-state index in [0.29, 0.717) is 5.92 Å². The molecular weight excluding hydrogens is 290 g/mol. The summed E-state index contributed by atoms with van der Waals surface area (Å²) in [6.45, 7) is 0. The molecule has 3 unspecified atom stereocenters. The van der Waals surface area contributed by atoms with E-state index in [4.69, 9.17) is 10.5 Å². The second-order valence-electron chi connectivity index (χ2n) is 5.23. The summed E-state index contributed by atoms with van der Waals surface area (Å²) < 4.78 is 7.23. The predicted octanol–water partition coefficient (Wildman–Crippen LogP) is 3.96. The highest BCUT2D eigenvalue weighted by Crippen LogP contribution is 2.39. The molecule has 2 aliphatic rings. The lowest BCUT2D eigenvalue weighted by Gasteiger charge is -2.35. The molecule has 0 amide bonds. The maximum Gasteiger partial charge on any atom is 0.125 e. The van der Waals surface area contributed by atoms with Crippen molar-refractivity contribution >= 4 is 15.9 Å². The molecule has 2 N–H and O–H groups in total. The minimum Gasteiger partial charge on any atom is -0.490 e. The van der Waals surface area contributed by atoms with Gasteiger partial charge < -0.3 is 10.5 Å². The van der Waals surface area contributed by atoms with E-state index in [1.807, 2.05) is 12.1 Å². The van der Waals surface area contributed by atoms with Crippen molar-refractivity contribution in [3.05, 3.63) is 40.4 Å². The third kappa shape index (κ3) is 2.34. The van der Waals surface area contributed by atoms with E-state index in [9.17, 15) is 0 Å². The van der Waals surface area contributed by atoms with E-state index in [1.165, 1.54) is 12.8 Å². The monoisotopic (exact) mass is 307 g/mol. The summed E-state index contributed by atoms with van der Waals surface area (Å²) in [6.07, 6.45) is 9.27. The van der Waals surface area contributed by atoms with Gasteiger partial charge in [-0.1, -0.05) is 34.1 Å². The molecule has 1 aromatic rings. The fourth-order valence-electron chi connectivity index (χ4n) is 2.95. The summed E-state index contributed by atoms with van der Waals surface area (Å²) in [5.74, 6) is 1.58. The van der Waals surface area contributed by atoms with E-state index in [0.717, 1.165) is 28.6 Å². The Bertz CT molecular complexity index is 472. The number of hydrogen-bond donors (Lipinski definition) is 1. The predicted molar refractivity (Wildman–Crippen MR) is 76.6 cm³/mol. The molecule has 1 heterocycles. The molecule has 2 nitrogen and oxygen atoms in total. The summed E-state index contributed by atoms with van der Waals surface area (Å²) >= 11 is 3.49. The normalized spacial score (nSPS) is 30.7. The molecule has 1 aromatic carbocycles. The molecule has 0 saturated heterocycles. The van der Waals surface area contributed by atoms with E-state index in [-0.39, 0.29) is 12.1 Å². The van der Waals surface area contributed by atoms with Crippen LogP contribution in [0.25, 0.3) is 0 Å².